The van der Waals surface area contributed by atoms with Crippen molar-refractivity contribution in [2.24, 2.45) is 0 Å². The first-order valence-electron chi connectivity index (χ1n) is 12.3. The quantitative estimate of drug-likeness (QED) is 0.397. The first-order valence-corrected chi connectivity index (χ1v) is 12.3. The Bertz CT molecular complexity index is 1660. The molecule has 0 N–H and O–H groups in total. The van der Waals surface area contributed by atoms with Gasteiger partial charge >= 0.3 is 6.18 Å². The number of benzene rings is 3. The minimum Gasteiger partial charge on any atom is -0.277 e. The Labute approximate surface area is 223 Å². The van der Waals surface area contributed by atoms with Gasteiger partial charge in [-0.3, -0.25) is 24.1 Å². The molecule has 39 heavy (non-hydrogen) atoms. The molecule has 6 nitrogen and oxygen atoms in total. The number of nitrogens with zero attached hydrogens (tertiary/aromatic N) is 2. The van der Waals surface area contributed by atoms with Crippen LogP contribution in [-0.2, 0) is 5.41 Å². The lowest BCUT2D eigenvalue weighted by atomic mass is 9.74. The molecule has 2 aliphatic heterocycles. The first-order chi connectivity index (χ1) is 18.1. The number of fused-ring (bicyclic) bond motifs is 2. The zero-order valence-corrected chi connectivity index (χ0v) is 22.2. The van der Waals surface area contributed by atoms with Gasteiger partial charge in [0.25, 0.3) is 23.6 Å². The summed E-state index contributed by atoms with van der Waals surface area (Å²) in [6, 6.07) is 8.88. The minimum absolute atomic E-state index is 0.0154. The van der Waals surface area contributed by atoms with E-state index in [1.807, 2.05) is 19.9 Å². The van der Waals surface area contributed by atoms with Gasteiger partial charge < -0.3 is 0 Å². The van der Waals surface area contributed by atoms with E-state index in [9.17, 15) is 32.3 Å². The predicted octanol–water partition coefficient (Wildman–Crippen LogP) is 5.81. The van der Waals surface area contributed by atoms with E-state index >= 15 is 0 Å². The van der Waals surface area contributed by atoms with Crippen LogP contribution in [0.15, 0.2) is 42.5 Å². The number of anilines is 1. The van der Waals surface area contributed by atoms with Gasteiger partial charge in [-0.1, -0.05) is 18.2 Å². The normalized spacial score (nSPS) is 16.6. The van der Waals surface area contributed by atoms with Crippen LogP contribution in [0.25, 0.3) is 0 Å². The number of carbonyl (C=O) groups excluding carboxylic acids is 4. The van der Waals surface area contributed by atoms with Crippen molar-refractivity contribution in [2.45, 2.75) is 46.2 Å². The van der Waals surface area contributed by atoms with Crippen molar-refractivity contribution >= 4 is 29.3 Å². The molecule has 0 radical (unpaired) electrons. The molecule has 200 valence electrons. The average Bonchev–Trinajstić information content (AvgIpc) is 3.25. The van der Waals surface area contributed by atoms with Crippen molar-refractivity contribution in [3.63, 3.8) is 0 Å². The van der Waals surface area contributed by atoms with Crippen molar-refractivity contribution in [2.75, 3.05) is 11.9 Å². The molecular formula is C30H25F3N2O4. The van der Waals surface area contributed by atoms with Gasteiger partial charge in [0, 0.05) is 7.05 Å². The summed E-state index contributed by atoms with van der Waals surface area (Å²) in [6.07, 6.45) is -4.85. The second-order valence-electron chi connectivity index (χ2n) is 10.4. The lowest BCUT2D eigenvalue weighted by Gasteiger charge is -2.33. The molecule has 0 fully saturated rings. The summed E-state index contributed by atoms with van der Waals surface area (Å²) in [5, 5.41) is 0. The predicted molar refractivity (Wildman–Crippen MR) is 138 cm³/mol. The molecule has 2 heterocycles. The zero-order valence-electron chi connectivity index (χ0n) is 22.2. The summed E-state index contributed by atoms with van der Waals surface area (Å²) >= 11 is 0. The maximum atomic E-state index is 14.8. The number of aryl methyl sites for hydroxylation is 2. The lowest BCUT2D eigenvalue weighted by Crippen LogP contribution is -2.41. The molecule has 0 aliphatic carbocycles. The Balaban J connectivity index is 1.66. The highest BCUT2D eigenvalue weighted by Gasteiger charge is 2.55. The van der Waals surface area contributed by atoms with Crippen LogP contribution in [0.3, 0.4) is 0 Å². The fraction of sp³-hybridized carbons (Fsp3) is 0.267. The van der Waals surface area contributed by atoms with Gasteiger partial charge in [-0.25, -0.2) is 4.90 Å². The molecule has 2 aliphatic rings. The number of hydrogen-bond donors (Lipinski definition) is 0. The maximum absolute atomic E-state index is 14.8. The smallest absolute Gasteiger partial charge is 0.277 e. The molecule has 0 saturated carbocycles. The molecule has 0 bridgehead atoms. The third-order valence-corrected chi connectivity index (χ3v) is 8.24. The summed E-state index contributed by atoms with van der Waals surface area (Å²) in [6.45, 7) is 8.34. The highest BCUT2D eigenvalue weighted by atomic mass is 19.4. The number of imide groups is 2. The van der Waals surface area contributed by atoms with E-state index in [1.54, 1.807) is 13.8 Å². The molecule has 0 spiro atoms. The molecule has 0 unspecified atom stereocenters. The average molecular weight is 535 g/mol. The molecule has 0 saturated heterocycles. The molecule has 3 aromatic carbocycles. The Morgan fingerprint density at radius 1 is 0.615 bits per heavy atom. The third-order valence-electron chi connectivity index (χ3n) is 8.24. The third kappa shape index (κ3) is 3.48. The van der Waals surface area contributed by atoms with E-state index in [1.165, 1.54) is 31.3 Å². The van der Waals surface area contributed by atoms with Crippen molar-refractivity contribution in [3.8, 4) is 0 Å². The summed E-state index contributed by atoms with van der Waals surface area (Å²) in [4.78, 5) is 53.6. The van der Waals surface area contributed by atoms with Crippen LogP contribution in [-0.4, -0.2) is 41.8 Å². The van der Waals surface area contributed by atoms with Gasteiger partial charge in [0.05, 0.1) is 27.9 Å². The SMILES string of the molecule is Cc1cc(C)c(N2C(=O)c3ccc([C@@](C)(c4ccc5c(c4)C(=O)N(C)C5=O)C(F)(F)F)cc3C2=O)c(C)c1C. The van der Waals surface area contributed by atoms with E-state index in [-0.39, 0.29) is 33.4 Å². The van der Waals surface area contributed by atoms with Crippen LogP contribution in [0, 0.1) is 27.7 Å². The number of carbonyl (C=O) groups is 4. The Morgan fingerprint density at radius 3 is 1.62 bits per heavy atom. The van der Waals surface area contributed by atoms with Gasteiger partial charge in [0.1, 0.15) is 5.41 Å². The number of hydrogen-bond acceptors (Lipinski definition) is 4. The van der Waals surface area contributed by atoms with Crippen LogP contribution in [0.2, 0.25) is 0 Å². The largest absolute Gasteiger partial charge is 0.402 e. The summed E-state index contributed by atoms with van der Waals surface area (Å²) in [5.41, 5.74) is 0.392. The van der Waals surface area contributed by atoms with E-state index in [0.717, 1.165) is 45.5 Å². The van der Waals surface area contributed by atoms with E-state index in [2.05, 4.69) is 0 Å². The number of halogens is 3. The molecule has 1 atom stereocenters. The topological polar surface area (TPSA) is 74.8 Å². The van der Waals surface area contributed by atoms with Crippen LogP contribution >= 0.6 is 0 Å². The van der Waals surface area contributed by atoms with E-state index in [0.29, 0.717) is 11.3 Å². The standard InChI is InChI=1S/C30H25F3N2O4/c1-14-11-15(2)24(17(4)16(14)3)35-27(38)21-10-8-19(13-23(21)28(35)39)29(5,30(31,32)33)18-7-9-20-22(12-18)26(37)34(6)25(20)36/h7-13H,1-6H3/t29-/m1/s1. The summed E-state index contributed by atoms with van der Waals surface area (Å²) in [7, 11) is 1.27. The number of rotatable bonds is 3. The van der Waals surface area contributed by atoms with Gasteiger partial charge in [-0.2, -0.15) is 13.2 Å². The fourth-order valence-corrected chi connectivity index (χ4v) is 5.54. The van der Waals surface area contributed by atoms with Crippen molar-refractivity contribution in [1.82, 2.24) is 4.90 Å². The Kier molecular flexibility index (Phi) is 5.65. The monoisotopic (exact) mass is 534 g/mol. The summed E-state index contributed by atoms with van der Waals surface area (Å²) < 4.78 is 44.4. The van der Waals surface area contributed by atoms with Gasteiger partial charge in [-0.15, -0.1) is 0 Å². The molecule has 9 heteroatoms. The van der Waals surface area contributed by atoms with Crippen LogP contribution in [0.1, 0.15) is 81.7 Å². The maximum Gasteiger partial charge on any atom is 0.402 e. The zero-order chi connectivity index (χ0) is 28.8. The second kappa shape index (κ2) is 8.36. The Morgan fingerprint density at radius 2 is 1.08 bits per heavy atom. The van der Waals surface area contributed by atoms with Crippen molar-refractivity contribution in [3.05, 3.63) is 98.1 Å². The highest BCUT2D eigenvalue weighted by Crippen LogP contribution is 2.48. The second-order valence-corrected chi connectivity index (χ2v) is 10.4. The fourth-order valence-electron chi connectivity index (χ4n) is 5.54. The lowest BCUT2D eigenvalue weighted by molar-refractivity contribution is -0.173. The minimum atomic E-state index is -4.85. The Hall–Kier alpha value is -4.27. The number of amides is 4. The number of alkyl halides is 3. The molecule has 3 aromatic rings. The molecular weight excluding hydrogens is 509 g/mol. The summed E-state index contributed by atoms with van der Waals surface area (Å²) in [5.74, 6) is -2.58. The molecule has 5 rings (SSSR count). The van der Waals surface area contributed by atoms with Gasteiger partial charge in [-0.05, 0) is 92.3 Å². The molecule has 0 aromatic heterocycles. The van der Waals surface area contributed by atoms with Gasteiger partial charge in [0.15, 0.2) is 0 Å². The highest BCUT2D eigenvalue weighted by molar-refractivity contribution is 6.35. The van der Waals surface area contributed by atoms with Crippen LogP contribution < -0.4 is 4.90 Å². The first kappa shape index (κ1) is 26.3. The van der Waals surface area contributed by atoms with Crippen LogP contribution in [0.5, 0.6) is 0 Å². The van der Waals surface area contributed by atoms with Crippen molar-refractivity contribution < 1.29 is 32.3 Å². The van der Waals surface area contributed by atoms with Gasteiger partial charge in [0.2, 0.25) is 0 Å². The molecule has 4 amide bonds. The van der Waals surface area contributed by atoms with E-state index < -0.39 is 35.2 Å². The van der Waals surface area contributed by atoms with Crippen LogP contribution in [0.4, 0.5) is 18.9 Å². The van der Waals surface area contributed by atoms with Crippen molar-refractivity contribution in [1.29, 1.82) is 0 Å². The van der Waals surface area contributed by atoms with E-state index in [4.69, 9.17) is 0 Å².